The van der Waals surface area contributed by atoms with Crippen molar-refractivity contribution in [1.29, 1.82) is 0 Å². The van der Waals surface area contributed by atoms with Gasteiger partial charge in [-0.3, -0.25) is 0 Å². The summed E-state index contributed by atoms with van der Waals surface area (Å²) in [5, 5.41) is 0.387. The van der Waals surface area contributed by atoms with Crippen molar-refractivity contribution in [3.63, 3.8) is 0 Å². The summed E-state index contributed by atoms with van der Waals surface area (Å²) in [4.78, 5) is 0. The summed E-state index contributed by atoms with van der Waals surface area (Å²) in [6.45, 7) is 6.86. The summed E-state index contributed by atoms with van der Waals surface area (Å²) in [6, 6.07) is 0. The van der Waals surface area contributed by atoms with Crippen molar-refractivity contribution in [3.05, 3.63) is 0 Å². The first-order valence-corrected chi connectivity index (χ1v) is 7.49. The summed E-state index contributed by atoms with van der Waals surface area (Å²) < 4.78 is 0. The molecule has 0 N–H and O–H groups in total. The first kappa shape index (κ1) is 8.17. The summed E-state index contributed by atoms with van der Waals surface area (Å²) in [6.07, 6.45) is 6.49. The third-order valence-electron chi connectivity index (χ3n) is 2.47. The average molecular weight is 173 g/mol. The van der Waals surface area contributed by atoms with Gasteiger partial charge in [-0.25, -0.2) is 0 Å². The molecule has 0 nitrogen and oxygen atoms in total. The zero-order valence-electron chi connectivity index (χ0n) is 6.74. The van der Waals surface area contributed by atoms with Crippen LogP contribution in [0.4, 0.5) is 0 Å². The summed E-state index contributed by atoms with van der Waals surface area (Å²) in [7, 11) is -1.20. The number of alkyl halides is 1. The number of terminal acetylenes is 1. The van der Waals surface area contributed by atoms with Crippen molar-refractivity contribution in [3.8, 4) is 12.3 Å². The molecule has 0 amide bonds. The van der Waals surface area contributed by atoms with Crippen molar-refractivity contribution < 1.29 is 0 Å². The smallest absolute Gasteiger partial charge is 0.0671 e. The van der Waals surface area contributed by atoms with Gasteiger partial charge < -0.3 is 0 Å². The molecular formula is C8H13ClSi. The third kappa shape index (κ3) is 0.908. The van der Waals surface area contributed by atoms with E-state index in [-0.39, 0.29) is 10.4 Å². The molecule has 0 radical (unpaired) electrons. The minimum absolute atomic E-state index is 0.120. The van der Waals surface area contributed by atoms with E-state index in [4.69, 9.17) is 18.0 Å². The van der Waals surface area contributed by atoms with Crippen LogP contribution in [0.5, 0.6) is 0 Å². The highest BCUT2D eigenvalue weighted by atomic mass is 35.5. The highest BCUT2D eigenvalue weighted by molar-refractivity contribution is 6.82. The van der Waals surface area contributed by atoms with Gasteiger partial charge >= 0.3 is 0 Å². The predicted octanol–water partition coefficient (Wildman–Crippen LogP) is 2.71. The van der Waals surface area contributed by atoms with Crippen LogP contribution in [-0.2, 0) is 0 Å². The molecule has 0 saturated heterocycles. The lowest BCUT2D eigenvalue weighted by molar-refractivity contribution is 1.12. The summed E-state index contributed by atoms with van der Waals surface area (Å²) >= 11 is 5.99. The molecule has 0 aliphatic heterocycles. The molecule has 0 bridgehead atoms. The first-order chi connectivity index (χ1) is 4.44. The fraction of sp³-hybridized carbons (Fsp3) is 0.750. The number of hydrogen-bond donors (Lipinski definition) is 0. The van der Waals surface area contributed by atoms with Crippen molar-refractivity contribution in [2.75, 3.05) is 0 Å². The molecule has 2 unspecified atom stereocenters. The van der Waals surface area contributed by atoms with E-state index in [9.17, 15) is 0 Å². The van der Waals surface area contributed by atoms with Gasteiger partial charge in [0.05, 0.1) is 8.07 Å². The second kappa shape index (κ2) is 2.03. The van der Waals surface area contributed by atoms with Crippen LogP contribution in [0, 0.1) is 12.3 Å². The molecule has 2 atom stereocenters. The number of hydrogen-bond acceptors (Lipinski definition) is 0. The molecular weight excluding hydrogens is 160 g/mol. The van der Waals surface area contributed by atoms with Crippen LogP contribution in [0.2, 0.25) is 24.7 Å². The van der Waals surface area contributed by atoms with Crippen LogP contribution in [0.15, 0.2) is 0 Å². The largest absolute Gasteiger partial charge is 0.122 e. The number of rotatable bonds is 1. The zero-order chi connectivity index (χ0) is 7.99. The first-order valence-electron chi connectivity index (χ1n) is 3.56. The van der Waals surface area contributed by atoms with Crippen molar-refractivity contribution in [2.24, 2.45) is 0 Å². The van der Waals surface area contributed by atoms with Crippen LogP contribution < -0.4 is 0 Å². The Morgan fingerprint density at radius 3 is 2.00 bits per heavy atom. The molecule has 1 saturated carbocycles. The highest BCUT2D eigenvalue weighted by Gasteiger charge is 2.60. The Morgan fingerprint density at radius 2 is 2.00 bits per heavy atom. The van der Waals surface area contributed by atoms with Gasteiger partial charge in [-0.1, -0.05) is 19.6 Å². The topological polar surface area (TPSA) is 0 Å². The van der Waals surface area contributed by atoms with E-state index < -0.39 is 8.07 Å². The lowest BCUT2D eigenvalue weighted by Gasteiger charge is -2.23. The molecule has 0 aromatic rings. The van der Waals surface area contributed by atoms with Gasteiger partial charge in [0.1, 0.15) is 0 Å². The maximum absolute atomic E-state index is 5.99. The zero-order valence-corrected chi connectivity index (χ0v) is 8.50. The molecule has 1 rings (SSSR count). The van der Waals surface area contributed by atoms with Gasteiger partial charge in [0.25, 0.3) is 0 Å². The lowest BCUT2D eigenvalue weighted by Crippen LogP contribution is -2.30. The Balaban J connectivity index is 2.82. The van der Waals surface area contributed by atoms with Gasteiger partial charge in [-0.15, -0.1) is 23.9 Å². The number of halogens is 1. The van der Waals surface area contributed by atoms with Crippen molar-refractivity contribution >= 4 is 19.7 Å². The van der Waals surface area contributed by atoms with Gasteiger partial charge in [0, 0.05) is 10.4 Å². The summed E-state index contributed by atoms with van der Waals surface area (Å²) in [5.41, 5.74) is 0. The standard InChI is InChI=1S/C8H13ClSi/c1-5-8(6-7(8)9)10(2,3)4/h1,7H,6H2,2-4H3. The Labute approximate surface area is 69.0 Å². The van der Waals surface area contributed by atoms with E-state index in [0.29, 0.717) is 0 Å². The van der Waals surface area contributed by atoms with Gasteiger partial charge in [-0.05, 0) is 6.42 Å². The van der Waals surface area contributed by atoms with E-state index in [1.54, 1.807) is 0 Å². The molecule has 0 aromatic heterocycles. The molecule has 1 fully saturated rings. The fourth-order valence-electron chi connectivity index (χ4n) is 1.37. The summed E-state index contributed by atoms with van der Waals surface area (Å²) in [5.74, 6) is 2.87. The van der Waals surface area contributed by atoms with E-state index in [1.807, 2.05) is 0 Å². The van der Waals surface area contributed by atoms with Gasteiger partial charge in [-0.2, -0.15) is 0 Å². The monoisotopic (exact) mass is 172 g/mol. The van der Waals surface area contributed by atoms with Crippen LogP contribution in [0.1, 0.15) is 6.42 Å². The minimum Gasteiger partial charge on any atom is -0.122 e. The van der Waals surface area contributed by atoms with Gasteiger partial charge in [0.2, 0.25) is 0 Å². The van der Waals surface area contributed by atoms with Crippen LogP contribution >= 0.6 is 11.6 Å². The Hall–Kier alpha value is 0.0669. The van der Waals surface area contributed by atoms with Crippen LogP contribution in [0.3, 0.4) is 0 Å². The van der Waals surface area contributed by atoms with Crippen molar-refractivity contribution in [2.45, 2.75) is 36.5 Å². The minimum atomic E-state index is -1.20. The quantitative estimate of drug-likeness (QED) is 0.324. The van der Waals surface area contributed by atoms with E-state index >= 15 is 0 Å². The molecule has 2 heteroatoms. The maximum Gasteiger partial charge on any atom is 0.0671 e. The lowest BCUT2D eigenvalue weighted by atomic mass is 10.4. The average Bonchev–Trinajstić information content (AvgIpc) is 2.40. The highest BCUT2D eigenvalue weighted by Crippen LogP contribution is 2.63. The molecule has 0 heterocycles. The van der Waals surface area contributed by atoms with E-state index in [1.165, 1.54) is 0 Å². The van der Waals surface area contributed by atoms with E-state index in [0.717, 1.165) is 6.42 Å². The Kier molecular flexibility index (Phi) is 1.65. The molecule has 1 aliphatic carbocycles. The second-order valence-electron chi connectivity index (χ2n) is 4.04. The fourth-order valence-corrected chi connectivity index (χ4v) is 4.97. The third-order valence-corrected chi connectivity index (χ3v) is 6.56. The molecule has 56 valence electrons. The molecule has 0 aromatic carbocycles. The normalized spacial score (nSPS) is 38.9. The van der Waals surface area contributed by atoms with Gasteiger partial charge in [0.15, 0.2) is 0 Å². The Bertz CT molecular complexity index is 186. The Morgan fingerprint density at radius 1 is 1.60 bits per heavy atom. The van der Waals surface area contributed by atoms with Crippen LogP contribution in [-0.4, -0.2) is 13.5 Å². The molecule has 0 spiro atoms. The maximum atomic E-state index is 5.99. The molecule has 1 aliphatic rings. The predicted molar refractivity (Wildman–Crippen MR) is 49.1 cm³/mol. The second-order valence-corrected chi connectivity index (χ2v) is 9.96. The molecule has 10 heavy (non-hydrogen) atoms. The SMILES string of the molecule is C#CC1([Si](C)(C)C)CC1Cl. The van der Waals surface area contributed by atoms with Crippen LogP contribution in [0.25, 0.3) is 0 Å². The van der Waals surface area contributed by atoms with E-state index in [2.05, 4.69) is 25.6 Å². The van der Waals surface area contributed by atoms with Crippen molar-refractivity contribution in [1.82, 2.24) is 0 Å².